The Balaban J connectivity index is 1.93. The number of carbonyl (C=O) groups is 2. The van der Waals surface area contributed by atoms with E-state index in [9.17, 15) is 28.8 Å². The van der Waals surface area contributed by atoms with E-state index in [-0.39, 0.29) is 46.3 Å². The molecule has 5 rings (SSSR count). The van der Waals surface area contributed by atoms with E-state index in [2.05, 4.69) is 18.1 Å². The van der Waals surface area contributed by atoms with Gasteiger partial charge in [-0.2, -0.15) is 9.13 Å². The highest BCUT2D eigenvalue weighted by atomic mass is 16.2. The van der Waals surface area contributed by atoms with Gasteiger partial charge in [-0.05, 0) is 30.3 Å². The molecule has 2 aromatic carbocycles. The van der Waals surface area contributed by atoms with Crippen LogP contribution in [-0.4, -0.2) is 35.1 Å². The largest absolute Gasteiger partial charge is 0.340 e. The monoisotopic (exact) mass is 535 g/mol. The summed E-state index contributed by atoms with van der Waals surface area (Å²) in [6.45, 7) is 7.01. The van der Waals surface area contributed by atoms with Gasteiger partial charge in [0.2, 0.25) is 0 Å². The van der Waals surface area contributed by atoms with Gasteiger partial charge in [0.1, 0.15) is 0 Å². The van der Waals surface area contributed by atoms with Gasteiger partial charge in [-0.25, -0.2) is 14.6 Å². The van der Waals surface area contributed by atoms with Gasteiger partial charge in [-0.1, -0.05) is 48.6 Å². The van der Waals surface area contributed by atoms with E-state index in [4.69, 9.17) is 0 Å². The zero-order chi connectivity index (χ0) is 28.6. The Labute approximate surface area is 224 Å². The highest BCUT2D eigenvalue weighted by Crippen LogP contribution is 2.14. The molecule has 0 fully saturated rings. The predicted octanol–water partition coefficient (Wildman–Crippen LogP) is 1.78. The Hall–Kier alpha value is -5.71. The number of aromatic nitrogens is 5. The van der Waals surface area contributed by atoms with E-state index in [1.165, 1.54) is 36.4 Å². The molecule has 0 spiro atoms. The molecule has 40 heavy (non-hydrogen) atoms. The Morgan fingerprint density at radius 2 is 1.02 bits per heavy atom. The smallest absolute Gasteiger partial charge is 0.273 e. The third kappa shape index (κ3) is 4.06. The maximum absolute atomic E-state index is 13.6. The van der Waals surface area contributed by atoms with Crippen molar-refractivity contribution in [1.29, 1.82) is 0 Å². The number of rotatable bonds is 6. The minimum Gasteiger partial charge on any atom is -0.273 e. The van der Waals surface area contributed by atoms with Crippen LogP contribution in [0.4, 0.5) is 0 Å². The molecule has 0 aliphatic carbocycles. The average Bonchev–Trinajstić information content (AvgIpc) is 2.97. The summed E-state index contributed by atoms with van der Waals surface area (Å²) >= 11 is 0. The molecule has 0 saturated carbocycles. The molecular formula is C29H21N5O6. The molecule has 5 aromatic rings. The van der Waals surface area contributed by atoms with Crippen molar-refractivity contribution in [2.45, 2.75) is 13.1 Å². The van der Waals surface area contributed by atoms with Crippen molar-refractivity contribution in [3.63, 3.8) is 0 Å². The van der Waals surface area contributed by atoms with Gasteiger partial charge in [-0.15, -0.1) is 13.2 Å². The third-order valence-corrected chi connectivity index (χ3v) is 6.28. The first kappa shape index (κ1) is 25.9. The topological polar surface area (TPSA) is 135 Å². The number of allylic oxidation sites excluding steroid dienone is 2. The summed E-state index contributed by atoms with van der Waals surface area (Å²) in [6.07, 6.45) is 2.75. The number of nitrogens with zero attached hydrogens (tertiary/aromatic N) is 5. The molecular weight excluding hydrogens is 514 g/mol. The van der Waals surface area contributed by atoms with Crippen LogP contribution in [-0.2, 0) is 13.1 Å². The van der Waals surface area contributed by atoms with Crippen LogP contribution >= 0.6 is 0 Å². The Morgan fingerprint density at radius 3 is 1.38 bits per heavy atom. The Kier molecular flexibility index (Phi) is 6.62. The van der Waals surface area contributed by atoms with Crippen molar-refractivity contribution in [2.24, 2.45) is 0 Å². The summed E-state index contributed by atoms with van der Waals surface area (Å²) in [5.41, 5.74) is -4.10. The molecule has 0 aliphatic rings. The summed E-state index contributed by atoms with van der Waals surface area (Å²) in [6, 6.07) is 16.7. The average molecular weight is 536 g/mol. The molecule has 198 valence electrons. The van der Waals surface area contributed by atoms with Gasteiger partial charge in [0.25, 0.3) is 22.9 Å². The number of benzene rings is 2. The molecule has 0 unspecified atom stereocenters. The summed E-state index contributed by atoms with van der Waals surface area (Å²) in [7, 11) is 0. The normalized spacial score (nSPS) is 11.0. The molecule has 0 saturated heterocycles. The van der Waals surface area contributed by atoms with Crippen LogP contribution in [0.2, 0.25) is 0 Å². The first-order valence-electron chi connectivity index (χ1n) is 12.1. The van der Waals surface area contributed by atoms with E-state index in [1.807, 2.05) is 0 Å². The van der Waals surface area contributed by atoms with Crippen LogP contribution in [0.1, 0.15) is 20.7 Å². The Bertz CT molecular complexity index is 1950. The van der Waals surface area contributed by atoms with Gasteiger partial charge >= 0.3 is 11.4 Å². The highest BCUT2D eigenvalue weighted by molar-refractivity contribution is 5.99. The second kappa shape index (κ2) is 10.2. The summed E-state index contributed by atoms with van der Waals surface area (Å²) < 4.78 is 3.02. The lowest BCUT2D eigenvalue weighted by molar-refractivity contribution is 0.0941. The van der Waals surface area contributed by atoms with Crippen molar-refractivity contribution in [2.75, 3.05) is 0 Å². The fraction of sp³-hybridized carbons (Fsp3) is 0.0690. The molecule has 0 aliphatic heterocycles. The third-order valence-electron chi connectivity index (χ3n) is 6.28. The van der Waals surface area contributed by atoms with Crippen LogP contribution in [0.15, 0.2) is 111 Å². The minimum atomic E-state index is -1.01. The lowest BCUT2D eigenvalue weighted by Gasteiger charge is -2.15. The van der Waals surface area contributed by atoms with Crippen molar-refractivity contribution in [3.05, 3.63) is 145 Å². The summed E-state index contributed by atoms with van der Waals surface area (Å²) in [4.78, 5) is 84.9. The molecule has 0 bridgehead atoms. The van der Waals surface area contributed by atoms with Crippen molar-refractivity contribution in [1.82, 2.24) is 23.3 Å². The molecule has 0 radical (unpaired) electrons. The van der Waals surface area contributed by atoms with Gasteiger partial charge < -0.3 is 0 Å². The van der Waals surface area contributed by atoms with Crippen LogP contribution in [0.3, 0.4) is 0 Å². The number of fused-ring (bicyclic) bond motifs is 2. The van der Waals surface area contributed by atoms with E-state index in [1.54, 1.807) is 36.4 Å². The molecule has 11 nitrogen and oxygen atoms in total. The fourth-order valence-corrected chi connectivity index (χ4v) is 4.42. The fourth-order valence-electron chi connectivity index (χ4n) is 4.42. The number of hydrogen-bond acceptors (Lipinski definition) is 7. The molecule has 0 atom stereocenters. The standard InChI is InChI=1S/C29H21N5O6/c1-3-15-31-22-20(26(37)33(28(31)39)24(35)18-11-7-5-8-12-18)17-21-23(30-22)32(16-4-2)29(40)34(27(21)38)25(36)19-13-9-6-10-14-19/h3-14,17H,1-2,15-16H2. The van der Waals surface area contributed by atoms with E-state index in [0.717, 1.165) is 15.2 Å². The molecule has 0 amide bonds. The van der Waals surface area contributed by atoms with Gasteiger partial charge in [-0.3, -0.25) is 28.3 Å². The molecule has 0 N–H and O–H groups in total. The van der Waals surface area contributed by atoms with Gasteiger partial charge in [0, 0.05) is 24.2 Å². The molecule has 3 heterocycles. The van der Waals surface area contributed by atoms with Crippen molar-refractivity contribution in [3.8, 4) is 0 Å². The van der Waals surface area contributed by atoms with E-state index in [0.29, 0.717) is 9.13 Å². The SMILES string of the molecule is C=CCn1c(=O)n(C(=O)c2ccccc2)c(=O)c2cc3c(=O)n(C(=O)c4ccccc4)c(=O)n(CC=C)c3nc21. The molecule has 11 heteroatoms. The minimum absolute atomic E-state index is 0.0931. The predicted molar refractivity (Wildman–Crippen MR) is 149 cm³/mol. The zero-order valence-corrected chi connectivity index (χ0v) is 21.0. The van der Waals surface area contributed by atoms with E-state index < -0.39 is 34.3 Å². The number of carbonyl (C=O) groups excluding carboxylic acids is 2. The van der Waals surface area contributed by atoms with Crippen LogP contribution in [0.5, 0.6) is 0 Å². The first-order chi connectivity index (χ1) is 19.3. The van der Waals surface area contributed by atoms with Crippen LogP contribution in [0, 0.1) is 0 Å². The maximum Gasteiger partial charge on any atom is 0.340 e. The first-order valence-corrected chi connectivity index (χ1v) is 12.1. The zero-order valence-electron chi connectivity index (χ0n) is 21.0. The van der Waals surface area contributed by atoms with Crippen molar-refractivity contribution < 1.29 is 9.59 Å². The summed E-state index contributed by atoms with van der Waals surface area (Å²) in [5, 5.41) is -0.476. The van der Waals surface area contributed by atoms with Gasteiger partial charge in [0.15, 0.2) is 11.3 Å². The Morgan fingerprint density at radius 1 is 0.650 bits per heavy atom. The molecule has 3 aromatic heterocycles. The second-order valence-corrected chi connectivity index (χ2v) is 8.72. The number of pyridine rings is 1. The van der Waals surface area contributed by atoms with Crippen LogP contribution in [0.25, 0.3) is 22.1 Å². The van der Waals surface area contributed by atoms with Gasteiger partial charge in [0.05, 0.1) is 10.8 Å². The lowest BCUT2D eigenvalue weighted by atomic mass is 10.2. The van der Waals surface area contributed by atoms with Crippen molar-refractivity contribution >= 4 is 33.9 Å². The quantitative estimate of drug-likeness (QED) is 0.239. The number of hydrogen-bond donors (Lipinski definition) is 0. The lowest BCUT2D eigenvalue weighted by Crippen LogP contribution is -2.46. The van der Waals surface area contributed by atoms with E-state index >= 15 is 0 Å². The highest BCUT2D eigenvalue weighted by Gasteiger charge is 2.24. The maximum atomic E-state index is 13.6. The summed E-state index contributed by atoms with van der Waals surface area (Å²) in [5.74, 6) is -1.74. The van der Waals surface area contributed by atoms with Crippen LogP contribution < -0.4 is 22.5 Å². The second-order valence-electron chi connectivity index (χ2n) is 8.72.